The first kappa shape index (κ1) is 10.6. The van der Waals surface area contributed by atoms with E-state index >= 15 is 0 Å². The molecule has 1 heterocycles. The van der Waals surface area contributed by atoms with Crippen molar-refractivity contribution in [3.05, 3.63) is 59.2 Å². The molecule has 0 unspecified atom stereocenters. The third kappa shape index (κ3) is 1.89. The van der Waals surface area contributed by atoms with Crippen LogP contribution in [-0.2, 0) is 6.42 Å². The van der Waals surface area contributed by atoms with Crippen LogP contribution in [-0.4, -0.2) is 5.78 Å². The van der Waals surface area contributed by atoms with Crippen molar-refractivity contribution in [2.75, 3.05) is 0 Å². The second-order valence-corrected chi connectivity index (χ2v) is 5.35. The second-order valence-electron chi connectivity index (χ2n) is 4.27. The molecule has 0 atom stereocenters. The Hall–Kier alpha value is -1.54. The summed E-state index contributed by atoms with van der Waals surface area (Å²) in [5, 5.41) is 0. The number of benzene rings is 2. The van der Waals surface area contributed by atoms with E-state index in [1.165, 1.54) is 20.9 Å². The topological polar surface area (TPSA) is 17.1 Å². The lowest BCUT2D eigenvalue weighted by Gasteiger charge is -2.19. The number of hydrogen-bond acceptors (Lipinski definition) is 2. The Morgan fingerprint density at radius 3 is 2.65 bits per heavy atom. The molecular weight excluding hydrogens is 228 g/mol. The average molecular weight is 240 g/mol. The SMILES string of the molecule is CC(=O)c1ccc2c(c1)Sc1ccccc1C2. The lowest BCUT2D eigenvalue weighted by atomic mass is 10.0. The van der Waals surface area contributed by atoms with Gasteiger partial charge >= 0.3 is 0 Å². The van der Waals surface area contributed by atoms with Crippen LogP contribution in [0.2, 0.25) is 0 Å². The van der Waals surface area contributed by atoms with E-state index < -0.39 is 0 Å². The first-order valence-electron chi connectivity index (χ1n) is 5.63. The molecule has 1 aliphatic heterocycles. The quantitative estimate of drug-likeness (QED) is 0.599. The van der Waals surface area contributed by atoms with Gasteiger partial charge in [0, 0.05) is 15.4 Å². The summed E-state index contributed by atoms with van der Waals surface area (Å²) < 4.78 is 0. The van der Waals surface area contributed by atoms with E-state index in [1.54, 1.807) is 18.7 Å². The van der Waals surface area contributed by atoms with Crippen LogP contribution in [0.3, 0.4) is 0 Å². The van der Waals surface area contributed by atoms with E-state index in [9.17, 15) is 4.79 Å². The molecule has 0 saturated carbocycles. The summed E-state index contributed by atoms with van der Waals surface area (Å²) >= 11 is 1.76. The molecule has 1 nitrogen and oxygen atoms in total. The Labute approximate surface area is 105 Å². The maximum Gasteiger partial charge on any atom is 0.159 e. The molecule has 0 bridgehead atoms. The van der Waals surface area contributed by atoms with E-state index in [4.69, 9.17) is 0 Å². The van der Waals surface area contributed by atoms with Gasteiger partial charge in [-0.15, -0.1) is 0 Å². The van der Waals surface area contributed by atoms with E-state index in [-0.39, 0.29) is 5.78 Å². The normalized spacial score (nSPS) is 12.8. The summed E-state index contributed by atoms with van der Waals surface area (Å²) in [5.41, 5.74) is 3.50. The van der Waals surface area contributed by atoms with Gasteiger partial charge in [0.25, 0.3) is 0 Å². The standard InChI is InChI=1S/C15H12OS/c1-10(16)11-6-7-13-8-12-4-2-3-5-14(12)17-15(13)9-11/h2-7,9H,8H2,1H3. The van der Waals surface area contributed by atoms with Crippen LogP contribution in [0.25, 0.3) is 0 Å². The van der Waals surface area contributed by atoms with Gasteiger partial charge in [-0.25, -0.2) is 0 Å². The summed E-state index contributed by atoms with van der Waals surface area (Å²) in [6, 6.07) is 14.5. The average Bonchev–Trinajstić information content (AvgIpc) is 2.35. The van der Waals surface area contributed by atoms with Crippen molar-refractivity contribution in [1.82, 2.24) is 0 Å². The predicted molar refractivity (Wildman–Crippen MR) is 69.8 cm³/mol. The molecule has 0 N–H and O–H groups in total. The van der Waals surface area contributed by atoms with Gasteiger partial charge in [0.15, 0.2) is 5.78 Å². The van der Waals surface area contributed by atoms with E-state index in [1.807, 2.05) is 12.1 Å². The van der Waals surface area contributed by atoms with Gasteiger partial charge in [0.1, 0.15) is 0 Å². The van der Waals surface area contributed by atoms with E-state index in [2.05, 4.69) is 30.3 Å². The van der Waals surface area contributed by atoms with Crippen LogP contribution in [0.1, 0.15) is 28.4 Å². The van der Waals surface area contributed by atoms with Gasteiger partial charge in [-0.05, 0) is 36.6 Å². The molecular formula is C15H12OS. The zero-order chi connectivity index (χ0) is 11.8. The van der Waals surface area contributed by atoms with Crippen molar-refractivity contribution in [1.29, 1.82) is 0 Å². The zero-order valence-corrected chi connectivity index (χ0v) is 10.4. The minimum absolute atomic E-state index is 0.132. The van der Waals surface area contributed by atoms with Crippen LogP contribution in [0, 0.1) is 0 Å². The number of rotatable bonds is 1. The third-order valence-electron chi connectivity index (χ3n) is 3.05. The molecule has 0 fully saturated rings. The second kappa shape index (κ2) is 4.04. The lowest BCUT2D eigenvalue weighted by Crippen LogP contribution is -2.01. The predicted octanol–water partition coefficient (Wildman–Crippen LogP) is 3.94. The Bertz CT molecular complexity index is 602. The maximum atomic E-state index is 11.4. The van der Waals surface area contributed by atoms with Gasteiger partial charge in [-0.3, -0.25) is 4.79 Å². The molecule has 0 saturated heterocycles. The molecule has 2 aromatic carbocycles. The third-order valence-corrected chi connectivity index (χ3v) is 4.27. The lowest BCUT2D eigenvalue weighted by molar-refractivity contribution is 0.101. The smallest absolute Gasteiger partial charge is 0.159 e. The fourth-order valence-electron chi connectivity index (χ4n) is 2.09. The highest BCUT2D eigenvalue weighted by molar-refractivity contribution is 7.99. The largest absolute Gasteiger partial charge is 0.295 e. The number of ketones is 1. The van der Waals surface area contributed by atoms with Gasteiger partial charge in [-0.2, -0.15) is 0 Å². The first-order valence-corrected chi connectivity index (χ1v) is 6.45. The van der Waals surface area contributed by atoms with Crippen LogP contribution in [0.15, 0.2) is 52.3 Å². The first-order chi connectivity index (χ1) is 8.24. The van der Waals surface area contributed by atoms with Crippen LogP contribution in [0.4, 0.5) is 0 Å². The van der Waals surface area contributed by atoms with E-state index in [0.29, 0.717) is 0 Å². The molecule has 0 aromatic heterocycles. The Kier molecular flexibility index (Phi) is 2.52. The summed E-state index contributed by atoms with van der Waals surface area (Å²) in [5.74, 6) is 0.132. The van der Waals surface area contributed by atoms with Gasteiger partial charge in [0.2, 0.25) is 0 Å². The summed E-state index contributed by atoms with van der Waals surface area (Å²) in [6.45, 7) is 1.61. The molecule has 0 radical (unpaired) electrons. The highest BCUT2D eigenvalue weighted by atomic mass is 32.2. The summed E-state index contributed by atoms with van der Waals surface area (Å²) in [6.07, 6.45) is 0.969. The van der Waals surface area contributed by atoms with Crippen molar-refractivity contribution in [2.24, 2.45) is 0 Å². The highest BCUT2D eigenvalue weighted by Crippen LogP contribution is 2.39. The molecule has 84 valence electrons. The van der Waals surface area contributed by atoms with E-state index in [0.717, 1.165) is 12.0 Å². The molecule has 17 heavy (non-hydrogen) atoms. The van der Waals surface area contributed by atoms with Crippen molar-refractivity contribution < 1.29 is 4.79 Å². The van der Waals surface area contributed by atoms with Crippen molar-refractivity contribution in [2.45, 2.75) is 23.1 Å². The molecule has 0 spiro atoms. The van der Waals surface area contributed by atoms with Crippen LogP contribution < -0.4 is 0 Å². The molecule has 0 aliphatic carbocycles. The molecule has 2 heteroatoms. The zero-order valence-electron chi connectivity index (χ0n) is 9.57. The molecule has 3 rings (SSSR count). The maximum absolute atomic E-state index is 11.4. The van der Waals surface area contributed by atoms with Gasteiger partial charge in [0.05, 0.1) is 0 Å². The number of fused-ring (bicyclic) bond motifs is 2. The number of carbonyl (C=O) groups excluding carboxylic acids is 1. The molecule has 1 aliphatic rings. The highest BCUT2D eigenvalue weighted by Gasteiger charge is 2.16. The Morgan fingerprint density at radius 1 is 1.06 bits per heavy atom. The van der Waals surface area contributed by atoms with Crippen LogP contribution >= 0.6 is 11.8 Å². The Balaban J connectivity index is 2.06. The Morgan fingerprint density at radius 2 is 1.82 bits per heavy atom. The van der Waals surface area contributed by atoms with Gasteiger partial charge in [-0.1, -0.05) is 42.1 Å². The monoisotopic (exact) mass is 240 g/mol. The minimum Gasteiger partial charge on any atom is -0.295 e. The minimum atomic E-state index is 0.132. The van der Waals surface area contributed by atoms with Crippen molar-refractivity contribution in [3.8, 4) is 0 Å². The number of Topliss-reactive ketones (excluding diaryl/α,β-unsaturated/α-hetero) is 1. The number of carbonyl (C=O) groups is 1. The van der Waals surface area contributed by atoms with Crippen molar-refractivity contribution in [3.63, 3.8) is 0 Å². The molecule has 2 aromatic rings. The molecule has 0 amide bonds. The number of hydrogen-bond donors (Lipinski definition) is 0. The van der Waals surface area contributed by atoms with Gasteiger partial charge < -0.3 is 0 Å². The van der Waals surface area contributed by atoms with Crippen molar-refractivity contribution >= 4 is 17.5 Å². The summed E-state index contributed by atoms with van der Waals surface area (Å²) in [4.78, 5) is 13.9. The summed E-state index contributed by atoms with van der Waals surface area (Å²) in [7, 11) is 0. The van der Waals surface area contributed by atoms with Crippen LogP contribution in [0.5, 0.6) is 0 Å². The fraction of sp³-hybridized carbons (Fsp3) is 0.133. The fourth-order valence-corrected chi connectivity index (χ4v) is 3.20.